The molecule has 1 saturated carbocycles. The molecule has 2 aliphatic rings. The molecule has 0 amide bonds. The van der Waals surface area contributed by atoms with Crippen molar-refractivity contribution in [2.75, 3.05) is 0 Å². The fourth-order valence-corrected chi connectivity index (χ4v) is 2.99. The van der Waals surface area contributed by atoms with E-state index in [1.807, 2.05) is 0 Å². The second-order valence-electron chi connectivity index (χ2n) is 5.00. The highest BCUT2D eigenvalue weighted by Crippen LogP contribution is 2.28. The Morgan fingerprint density at radius 3 is 2.80 bits per heavy atom. The molecule has 0 bridgehead atoms. The normalized spacial score (nSPS) is 21.9. The first kappa shape index (κ1) is 9.37. The van der Waals surface area contributed by atoms with Crippen molar-refractivity contribution in [3.05, 3.63) is 11.6 Å². The number of fused-ring (bicyclic) bond motifs is 1. The topological polar surface area (TPSA) is 30.7 Å². The molecular formula is C12H19N3. The largest absolute Gasteiger partial charge is 0.315 e. The van der Waals surface area contributed by atoms with Gasteiger partial charge in [-0.05, 0) is 18.8 Å². The van der Waals surface area contributed by atoms with Crippen molar-refractivity contribution in [3.63, 3.8) is 0 Å². The third-order valence-electron chi connectivity index (χ3n) is 3.88. The summed E-state index contributed by atoms with van der Waals surface area (Å²) in [5.74, 6) is 3.38. The van der Waals surface area contributed by atoms with Gasteiger partial charge in [-0.2, -0.15) is 0 Å². The molecule has 0 N–H and O–H groups in total. The van der Waals surface area contributed by atoms with Gasteiger partial charge in [0.1, 0.15) is 11.6 Å². The molecule has 82 valence electrons. The predicted octanol–water partition coefficient (Wildman–Crippen LogP) is 2.35. The summed E-state index contributed by atoms with van der Waals surface area (Å²) in [4.78, 5) is 0. The highest BCUT2D eigenvalue weighted by atomic mass is 15.3. The lowest BCUT2D eigenvalue weighted by Crippen LogP contribution is -2.14. The fraction of sp³-hybridized carbons (Fsp3) is 0.833. The maximum atomic E-state index is 4.37. The maximum Gasteiger partial charge on any atom is 0.133 e. The molecule has 1 aromatic rings. The number of aryl methyl sites for hydroxylation is 1. The van der Waals surface area contributed by atoms with Crippen LogP contribution in [0.5, 0.6) is 0 Å². The van der Waals surface area contributed by atoms with Gasteiger partial charge >= 0.3 is 0 Å². The van der Waals surface area contributed by atoms with Crippen molar-refractivity contribution in [1.82, 2.24) is 14.8 Å². The summed E-state index contributed by atoms with van der Waals surface area (Å²) in [6.45, 7) is 1.16. The van der Waals surface area contributed by atoms with Gasteiger partial charge in [-0.25, -0.2) is 0 Å². The summed E-state index contributed by atoms with van der Waals surface area (Å²) in [7, 11) is 0. The lowest BCUT2D eigenvalue weighted by Gasteiger charge is -2.16. The first-order valence-electron chi connectivity index (χ1n) is 6.34. The van der Waals surface area contributed by atoms with Crippen LogP contribution < -0.4 is 0 Å². The van der Waals surface area contributed by atoms with Gasteiger partial charge in [-0.1, -0.05) is 25.7 Å². The Morgan fingerprint density at radius 1 is 1.07 bits per heavy atom. The molecule has 0 radical (unpaired) electrons. The van der Waals surface area contributed by atoms with Crippen LogP contribution in [-0.4, -0.2) is 14.8 Å². The van der Waals surface area contributed by atoms with Crippen molar-refractivity contribution in [2.24, 2.45) is 5.92 Å². The molecular weight excluding hydrogens is 186 g/mol. The van der Waals surface area contributed by atoms with Crippen molar-refractivity contribution in [2.45, 2.75) is 57.9 Å². The zero-order chi connectivity index (χ0) is 10.1. The molecule has 0 aromatic carbocycles. The lowest BCUT2D eigenvalue weighted by molar-refractivity contribution is 0.471. The maximum absolute atomic E-state index is 4.37. The molecule has 3 heteroatoms. The van der Waals surface area contributed by atoms with E-state index in [4.69, 9.17) is 0 Å². The smallest absolute Gasteiger partial charge is 0.133 e. The highest BCUT2D eigenvalue weighted by Gasteiger charge is 2.21. The molecule has 0 unspecified atom stereocenters. The Morgan fingerprint density at radius 2 is 1.93 bits per heavy atom. The van der Waals surface area contributed by atoms with Crippen LogP contribution in [0.3, 0.4) is 0 Å². The fourth-order valence-electron chi connectivity index (χ4n) is 2.99. The monoisotopic (exact) mass is 205 g/mol. The number of nitrogens with zero attached hydrogens (tertiary/aromatic N) is 3. The Kier molecular flexibility index (Phi) is 2.47. The van der Waals surface area contributed by atoms with Gasteiger partial charge in [0.25, 0.3) is 0 Å². The van der Waals surface area contributed by atoms with Crippen LogP contribution in [0.2, 0.25) is 0 Å². The van der Waals surface area contributed by atoms with Gasteiger partial charge in [-0.15, -0.1) is 10.2 Å². The number of hydrogen-bond acceptors (Lipinski definition) is 2. The average molecular weight is 205 g/mol. The summed E-state index contributed by atoms with van der Waals surface area (Å²) in [6.07, 6.45) is 10.6. The molecule has 0 atom stereocenters. The SMILES string of the molecule is C1CCn2c(nnc2CC2CCCC2)C1. The lowest BCUT2D eigenvalue weighted by atomic mass is 10.0. The highest BCUT2D eigenvalue weighted by molar-refractivity contribution is 5.00. The first-order chi connectivity index (χ1) is 7.43. The Labute approximate surface area is 90.9 Å². The first-order valence-corrected chi connectivity index (χ1v) is 6.34. The number of rotatable bonds is 2. The minimum Gasteiger partial charge on any atom is -0.315 e. The number of hydrogen-bond donors (Lipinski definition) is 0. The quantitative estimate of drug-likeness (QED) is 0.742. The van der Waals surface area contributed by atoms with Crippen LogP contribution in [0, 0.1) is 5.92 Å². The second kappa shape index (κ2) is 3.95. The Hall–Kier alpha value is -0.860. The summed E-state index contributed by atoms with van der Waals surface area (Å²) in [5.41, 5.74) is 0. The van der Waals surface area contributed by atoms with Gasteiger partial charge in [-0.3, -0.25) is 0 Å². The molecule has 3 nitrogen and oxygen atoms in total. The number of aromatic nitrogens is 3. The molecule has 1 aromatic heterocycles. The third kappa shape index (κ3) is 1.80. The van der Waals surface area contributed by atoms with E-state index >= 15 is 0 Å². The summed E-state index contributed by atoms with van der Waals surface area (Å²) < 4.78 is 2.38. The summed E-state index contributed by atoms with van der Waals surface area (Å²) in [6, 6.07) is 0. The minimum absolute atomic E-state index is 0.889. The predicted molar refractivity (Wildman–Crippen MR) is 58.6 cm³/mol. The van der Waals surface area contributed by atoms with E-state index in [1.165, 1.54) is 56.6 Å². The molecule has 1 fully saturated rings. The van der Waals surface area contributed by atoms with Crippen molar-refractivity contribution in [3.8, 4) is 0 Å². The summed E-state index contributed by atoms with van der Waals surface area (Å²) in [5, 5.41) is 8.69. The van der Waals surface area contributed by atoms with Gasteiger partial charge in [0.05, 0.1) is 0 Å². The molecule has 2 heterocycles. The van der Waals surface area contributed by atoms with Gasteiger partial charge in [0, 0.05) is 19.4 Å². The van der Waals surface area contributed by atoms with Gasteiger partial charge in [0.15, 0.2) is 0 Å². The van der Waals surface area contributed by atoms with E-state index in [9.17, 15) is 0 Å². The van der Waals surface area contributed by atoms with Crippen molar-refractivity contribution >= 4 is 0 Å². The molecule has 3 rings (SSSR count). The summed E-state index contributed by atoms with van der Waals surface area (Å²) >= 11 is 0. The van der Waals surface area contributed by atoms with Crippen LogP contribution >= 0.6 is 0 Å². The van der Waals surface area contributed by atoms with Gasteiger partial charge in [0.2, 0.25) is 0 Å². The standard InChI is InChI=1S/C12H19N3/c1-2-6-10(5-1)9-12-14-13-11-7-3-4-8-15(11)12/h10H,1-9H2. The molecule has 1 aliphatic carbocycles. The molecule has 15 heavy (non-hydrogen) atoms. The van der Waals surface area contributed by atoms with E-state index < -0.39 is 0 Å². The van der Waals surface area contributed by atoms with Crippen LogP contribution in [0.15, 0.2) is 0 Å². The molecule has 0 saturated heterocycles. The Bertz CT molecular complexity index is 337. The van der Waals surface area contributed by atoms with E-state index in [0.29, 0.717) is 0 Å². The molecule has 0 spiro atoms. The van der Waals surface area contributed by atoms with E-state index in [0.717, 1.165) is 18.9 Å². The van der Waals surface area contributed by atoms with Gasteiger partial charge < -0.3 is 4.57 Å². The van der Waals surface area contributed by atoms with Crippen LogP contribution in [-0.2, 0) is 19.4 Å². The van der Waals surface area contributed by atoms with Crippen LogP contribution in [0.4, 0.5) is 0 Å². The zero-order valence-corrected chi connectivity index (χ0v) is 9.28. The van der Waals surface area contributed by atoms with E-state index in [2.05, 4.69) is 14.8 Å². The average Bonchev–Trinajstić information content (AvgIpc) is 2.89. The molecule has 1 aliphatic heterocycles. The van der Waals surface area contributed by atoms with Crippen molar-refractivity contribution < 1.29 is 0 Å². The second-order valence-corrected chi connectivity index (χ2v) is 5.00. The van der Waals surface area contributed by atoms with E-state index in [-0.39, 0.29) is 0 Å². The van der Waals surface area contributed by atoms with Crippen LogP contribution in [0.25, 0.3) is 0 Å². The van der Waals surface area contributed by atoms with Crippen LogP contribution in [0.1, 0.15) is 50.2 Å². The third-order valence-corrected chi connectivity index (χ3v) is 3.88. The Balaban J connectivity index is 1.76. The van der Waals surface area contributed by atoms with E-state index in [1.54, 1.807) is 0 Å². The van der Waals surface area contributed by atoms with Crippen molar-refractivity contribution in [1.29, 1.82) is 0 Å². The zero-order valence-electron chi connectivity index (χ0n) is 9.28. The minimum atomic E-state index is 0.889.